The number of nitrogens with zero attached hydrogens (tertiary/aromatic N) is 3. The Morgan fingerprint density at radius 2 is 2.05 bits per heavy atom. The van der Waals surface area contributed by atoms with Crippen LogP contribution in [0.5, 0.6) is 0 Å². The molecule has 2 aromatic rings. The third-order valence-corrected chi connectivity index (χ3v) is 3.16. The number of nitriles is 1. The summed E-state index contributed by atoms with van der Waals surface area (Å²) in [5, 5.41) is 9.59. The summed E-state index contributed by atoms with van der Waals surface area (Å²) in [5.41, 5.74) is 12.1. The number of alkyl halides is 1. The van der Waals surface area contributed by atoms with Gasteiger partial charge in [-0.3, -0.25) is 0 Å². The van der Waals surface area contributed by atoms with Crippen LogP contribution < -0.4 is 11.5 Å². The summed E-state index contributed by atoms with van der Waals surface area (Å²) in [6.45, 7) is 0. The van der Waals surface area contributed by atoms with Gasteiger partial charge in [0.1, 0.15) is 23.3 Å². The SMILES string of the molecule is N#Cc1c(N)nc(N)nc1-c1ccc(CBr)cc1F. The van der Waals surface area contributed by atoms with Crippen LogP contribution in [0, 0.1) is 17.1 Å². The van der Waals surface area contributed by atoms with E-state index in [0.717, 1.165) is 5.56 Å². The number of benzene rings is 1. The first-order chi connectivity index (χ1) is 9.06. The highest BCUT2D eigenvalue weighted by atomic mass is 79.9. The number of halogens is 2. The quantitative estimate of drug-likeness (QED) is 0.826. The molecule has 5 nitrogen and oxygen atoms in total. The van der Waals surface area contributed by atoms with Crippen molar-refractivity contribution >= 4 is 27.7 Å². The van der Waals surface area contributed by atoms with Gasteiger partial charge in [-0.15, -0.1) is 0 Å². The molecule has 0 saturated heterocycles. The summed E-state index contributed by atoms with van der Waals surface area (Å²) in [6, 6.07) is 6.49. The molecule has 0 amide bonds. The molecule has 1 aromatic heterocycles. The van der Waals surface area contributed by atoms with Crippen LogP contribution in [0.2, 0.25) is 0 Å². The molecule has 2 rings (SSSR count). The Morgan fingerprint density at radius 1 is 1.32 bits per heavy atom. The predicted octanol–water partition coefficient (Wildman–Crippen LogP) is 2.21. The van der Waals surface area contributed by atoms with E-state index >= 15 is 0 Å². The molecule has 0 radical (unpaired) electrons. The summed E-state index contributed by atoms with van der Waals surface area (Å²) >= 11 is 3.24. The lowest BCUT2D eigenvalue weighted by Crippen LogP contribution is -2.05. The minimum Gasteiger partial charge on any atom is -0.382 e. The maximum atomic E-state index is 14.0. The van der Waals surface area contributed by atoms with Crippen LogP contribution in [-0.4, -0.2) is 9.97 Å². The Labute approximate surface area is 117 Å². The lowest BCUT2D eigenvalue weighted by Gasteiger charge is -2.08. The normalized spacial score (nSPS) is 10.2. The monoisotopic (exact) mass is 321 g/mol. The minimum absolute atomic E-state index is 0.0136. The Morgan fingerprint density at radius 3 is 2.63 bits per heavy atom. The van der Waals surface area contributed by atoms with Crippen LogP contribution in [0.3, 0.4) is 0 Å². The van der Waals surface area contributed by atoms with Crippen LogP contribution >= 0.6 is 15.9 Å². The molecular formula is C12H9BrFN5. The van der Waals surface area contributed by atoms with E-state index in [2.05, 4.69) is 25.9 Å². The van der Waals surface area contributed by atoms with Crippen molar-refractivity contribution in [2.75, 3.05) is 11.5 Å². The zero-order chi connectivity index (χ0) is 14.0. The molecule has 0 aliphatic rings. The topological polar surface area (TPSA) is 102 Å². The smallest absolute Gasteiger partial charge is 0.222 e. The van der Waals surface area contributed by atoms with Gasteiger partial charge in [0, 0.05) is 10.9 Å². The molecule has 7 heteroatoms. The molecule has 96 valence electrons. The molecule has 19 heavy (non-hydrogen) atoms. The van der Waals surface area contributed by atoms with Crippen LogP contribution in [-0.2, 0) is 5.33 Å². The summed E-state index contributed by atoms with van der Waals surface area (Å²) in [6.07, 6.45) is 0. The molecule has 0 aliphatic heterocycles. The van der Waals surface area contributed by atoms with Crippen molar-refractivity contribution < 1.29 is 4.39 Å². The van der Waals surface area contributed by atoms with E-state index in [1.165, 1.54) is 12.1 Å². The highest BCUT2D eigenvalue weighted by molar-refractivity contribution is 9.08. The minimum atomic E-state index is -0.494. The van der Waals surface area contributed by atoms with Crippen LogP contribution in [0.1, 0.15) is 11.1 Å². The molecule has 0 atom stereocenters. The van der Waals surface area contributed by atoms with Crippen LogP contribution in [0.25, 0.3) is 11.3 Å². The number of nitrogens with two attached hydrogens (primary N) is 2. The standard InChI is InChI=1S/C12H9BrFN5/c13-4-6-1-2-7(9(14)3-6)10-8(5-15)11(16)19-12(17)18-10/h1-3H,4H2,(H4,16,17,18,19). The first-order valence-electron chi connectivity index (χ1n) is 5.24. The molecule has 1 aromatic carbocycles. The van der Waals surface area contributed by atoms with Gasteiger partial charge in [0.2, 0.25) is 5.95 Å². The van der Waals surface area contributed by atoms with Gasteiger partial charge in [0.25, 0.3) is 0 Å². The van der Waals surface area contributed by atoms with Gasteiger partial charge >= 0.3 is 0 Å². The first-order valence-corrected chi connectivity index (χ1v) is 6.36. The van der Waals surface area contributed by atoms with Crippen molar-refractivity contribution in [3.63, 3.8) is 0 Å². The maximum absolute atomic E-state index is 14.0. The van der Waals surface area contributed by atoms with E-state index in [4.69, 9.17) is 16.7 Å². The van der Waals surface area contributed by atoms with E-state index in [0.29, 0.717) is 5.33 Å². The van der Waals surface area contributed by atoms with Gasteiger partial charge in [0.05, 0.1) is 5.69 Å². The largest absolute Gasteiger partial charge is 0.382 e. The van der Waals surface area contributed by atoms with Crippen molar-refractivity contribution in [2.24, 2.45) is 0 Å². The van der Waals surface area contributed by atoms with Crippen molar-refractivity contribution in [3.05, 3.63) is 35.1 Å². The lowest BCUT2D eigenvalue weighted by molar-refractivity contribution is 0.629. The summed E-state index contributed by atoms with van der Waals surface area (Å²) in [7, 11) is 0. The molecule has 0 saturated carbocycles. The zero-order valence-corrected chi connectivity index (χ0v) is 11.3. The molecule has 0 bridgehead atoms. The lowest BCUT2D eigenvalue weighted by atomic mass is 10.0. The number of anilines is 2. The second-order valence-corrected chi connectivity index (χ2v) is 4.31. The van der Waals surface area contributed by atoms with Gasteiger partial charge in [0.15, 0.2) is 0 Å². The van der Waals surface area contributed by atoms with E-state index in [1.807, 2.05) is 6.07 Å². The Balaban J connectivity index is 2.69. The van der Waals surface area contributed by atoms with E-state index < -0.39 is 5.82 Å². The van der Waals surface area contributed by atoms with Crippen molar-refractivity contribution in [2.45, 2.75) is 5.33 Å². The highest BCUT2D eigenvalue weighted by Crippen LogP contribution is 2.28. The van der Waals surface area contributed by atoms with Crippen molar-refractivity contribution in [1.82, 2.24) is 9.97 Å². The summed E-state index contributed by atoms with van der Waals surface area (Å²) in [4.78, 5) is 7.59. The van der Waals surface area contributed by atoms with Gasteiger partial charge in [-0.1, -0.05) is 22.0 Å². The van der Waals surface area contributed by atoms with Crippen molar-refractivity contribution in [1.29, 1.82) is 5.26 Å². The Hall–Kier alpha value is -2.20. The fraction of sp³-hybridized carbons (Fsp3) is 0.0833. The fourth-order valence-electron chi connectivity index (χ4n) is 1.63. The number of hydrogen-bond acceptors (Lipinski definition) is 5. The molecule has 0 aliphatic carbocycles. The molecule has 0 unspecified atom stereocenters. The van der Waals surface area contributed by atoms with Gasteiger partial charge in [-0.2, -0.15) is 10.2 Å². The van der Waals surface area contributed by atoms with Gasteiger partial charge in [-0.05, 0) is 17.7 Å². The second kappa shape index (κ2) is 5.20. The number of rotatable bonds is 2. The Kier molecular flexibility index (Phi) is 3.62. The number of aromatic nitrogens is 2. The summed E-state index contributed by atoms with van der Waals surface area (Å²) in [5.74, 6) is -0.657. The molecular weight excluding hydrogens is 313 g/mol. The third kappa shape index (κ3) is 2.48. The van der Waals surface area contributed by atoms with E-state index in [-0.39, 0.29) is 28.6 Å². The summed E-state index contributed by atoms with van der Waals surface area (Å²) < 4.78 is 14.0. The Bertz CT molecular complexity index is 681. The maximum Gasteiger partial charge on any atom is 0.222 e. The fourth-order valence-corrected chi connectivity index (χ4v) is 1.98. The van der Waals surface area contributed by atoms with Crippen LogP contribution in [0.4, 0.5) is 16.2 Å². The molecule has 0 spiro atoms. The third-order valence-electron chi connectivity index (χ3n) is 2.51. The number of hydrogen-bond donors (Lipinski definition) is 2. The highest BCUT2D eigenvalue weighted by Gasteiger charge is 2.16. The van der Waals surface area contributed by atoms with Crippen LogP contribution in [0.15, 0.2) is 18.2 Å². The predicted molar refractivity (Wildman–Crippen MR) is 73.6 cm³/mol. The molecule has 0 fully saturated rings. The van der Waals surface area contributed by atoms with Gasteiger partial charge < -0.3 is 11.5 Å². The van der Waals surface area contributed by atoms with Crippen molar-refractivity contribution in [3.8, 4) is 17.3 Å². The average molecular weight is 322 g/mol. The second-order valence-electron chi connectivity index (χ2n) is 3.75. The first kappa shape index (κ1) is 13.2. The van der Waals surface area contributed by atoms with E-state index in [9.17, 15) is 4.39 Å². The number of nitrogen functional groups attached to an aromatic ring is 2. The average Bonchev–Trinajstić information content (AvgIpc) is 2.37. The molecule has 1 heterocycles. The molecule has 4 N–H and O–H groups in total. The van der Waals surface area contributed by atoms with Gasteiger partial charge in [-0.25, -0.2) is 9.37 Å². The van der Waals surface area contributed by atoms with E-state index in [1.54, 1.807) is 6.07 Å². The zero-order valence-electron chi connectivity index (χ0n) is 9.69.